The molecule has 0 aromatic heterocycles. The van der Waals surface area contributed by atoms with Crippen LogP contribution in [0.1, 0.15) is 26.7 Å². The summed E-state index contributed by atoms with van der Waals surface area (Å²) in [4.78, 5) is 0. The van der Waals surface area contributed by atoms with Gasteiger partial charge in [-0.15, -0.1) is 0 Å². The Hall–Kier alpha value is -1.53. The van der Waals surface area contributed by atoms with E-state index >= 15 is 0 Å². The van der Waals surface area contributed by atoms with Gasteiger partial charge in [0.25, 0.3) is 0 Å². The van der Waals surface area contributed by atoms with Crippen LogP contribution in [0.25, 0.3) is 0 Å². The second kappa shape index (κ2) is 4.37. The van der Waals surface area contributed by atoms with Crippen LogP contribution in [0.2, 0.25) is 0 Å². The van der Waals surface area contributed by atoms with E-state index < -0.39 is 5.41 Å². The van der Waals surface area contributed by atoms with Crippen LogP contribution in [0.15, 0.2) is 0 Å². The number of hydrogen-bond acceptors (Lipinski definition) is 3. The zero-order chi connectivity index (χ0) is 9.61. The Bertz CT molecular complexity index is 247. The third-order valence-corrected chi connectivity index (χ3v) is 1.79. The Kier molecular flexibility index (Phi) is 3.81. The van der Waals surface area contributed by atoms with E-state index in [1.165, 1.54) is 0 Å². The SMILES string of the molecule is CC(C#N)CCC(C)(C#N)C#N. The van der Waals surface area contributed by atoms with Gasteiger partial charge in [-0.25, -0.2) is 0 Å². The van der Waals surface area contributed by atoms with Gasteiger partial charge in [-0.1, -0.05) is 0 Å². The zero-order valence-electron chi connectivity index (χ0n) is 7.33. The molecule has 0 saturated heterocycles. The molecule has 0 saturated carbocycles. The maximum Gasteiger partial charge on any atom is 0.141 e. The van der Waals surface area contributed by atoms with E-state index in [4.69, 9.17) is 15.8 Å². The van der Waals surface area contributed by atoms with Gasteiger partial charge in [-0.2, -0.15) is 15.8 Å². The van der Waals surface area contributed by atoms with Gasteiger partial charge in [-0.05, 0) is 26.7 Å². The first-order chi connectivity index (χ1) is 5.58. The Morgan fingerprint density at radius 2 is 1.75 bits per heavy atom. The summed E-state index contributed by atoms with van der Waals surface area (Å²) in [5.74, 6) is -0.0778. The highest BCUT2D eigenvalue weighted by Gasteiger charge is 2.23. The van der Waals surface area contributed by atoms with Crippen molar-refractivity contribution in [3.05, 3.63) is 0 Å². The molecule has 3 nitrogen and oxygen atoms in total. The van der Waals surface area contributed by atoms with E-state index in [9.17, 15) is 0 Å². The Morgan fingerprint density at radius 3 is 2.08 bits per heavy atom. The molecule has 0 bridgehead atoms. The van der Waals surface area contributed by atoms with Crippen molar-refractivity contribution in [2.45, 2.75) is 26.7 Å². The topological polar surface area (TPSA) is 71.4 Å². The highest BCUT2D eigenvalue weighted by Crippen LogP contribution is 2.23. The molecule has 0 amide bonds. The van der Waals surface area contributed by atoms with Crippen molar-refractivity contribution in [1.82, 2.24) is 0 Å². The first kappa shape index (κ1) is 10.5. The molecule has 0 N–H and O–H groups in total. The van der Waals surface area contributed by atoms with E-state index in [0.717, 1.165) is 0 Å². The molecule has 0 aromatic carbocycles. The molecule has 1 unspecified atom stereocenters. The number of rotatable bonds is 3. The molecule has 0 radical (unpaired) electrons. The summed E-state index contributed by atoms with van der Waals surface area (Å²) in [5.41, 5.74) is -0.925. The van der Waals surface area contributed by atoms with E-state index in [2.05, 4.69) is 6.07 Å². The number of nitrogens with zero attached hydrogens (tertiary/aromatic N) is 3. The summed E-state index contributed by atoms with van der Waals surface area (Å²) in [6.07, 6.45) is 1.07. The fourth-order valence-corrected chi connectivity index (χ4v) is 0.707. The van der Waals surface area contributed by atoms with Crippen LogP contribution in [-0.2, 0) is 0 Å². The lowest BCUT2D eigenvalue weighted by Gasteiger charge is -2.11. The van der Waals surface area contributed by atoms with Gasteiger partial charge in [0.15, 0.2) is 0 Å². The highest BCUT2D eigenvalue weighted by atomic mass is 14.4. The molecule has 12 heavy (non-hydrogen) atoms. The van der Waals surface area contributed by atoms with Crippen molar-refractivity contribution in [2.24, 2.45) is 11.3 Å². The number of hydrogen-bond donors (Lipinski definition) is 0. The first-order valence-electron chi connectivity index (χ1n) is 3.80. The van der Waals surface area contributed by atoms with Crippen LogP contribution in [0.5, 0.6) is 0 Å². The van der Waals surface area contributed by atoms with Crippen molar-refractivity contribution in [3.63, 3.8) is 0 Å². The van der Waals surface area contributed by atoms with Crippen molar-refractivity contribution in [3.8, 4) is 18.2 Å². The quantitative estimate of drug-likeness (QED) is 0.635. The second-order valence-corrected chi connectivity index (χ2v) is 3.12. The van der Waals surface area contributed by atoms with E-state index in [1.807, 2.05) is 12.1 Å². The molecule has 0 spiro atoms. The lowest BCUT2D eigenvalue weighted by molar-refractivity contribution is 0.467. The number of nitriles is 3. The largest absolute Gasteiger partial charge is 0.198 e. The van der Waals surface area contributed by atoms with Crippen LogP contribution < -0.4 is 0 Å². The minimum Gasteiger partial charge on any atom is -0.198 e. The van der Waals surface area contributed by atoms with E-state index in [0.29, 0.717) is 12.8 Å². The van der Waals surface area contributed by atoms with Gasteiger partial charge in [-0.3, -0.25) is 0 Å². The second-order valence-electron chi connectivity index (χ2n) is 3.12. The Labute approximate surface area is 72.8 Å². The fourth-order valence-electron chi connectivity index (χ4n) is 0.707. The average Bonchev–Trinajstić information content (AvgIpc) is 2.13. The molecule has 0 aliphatic carbocycles. The maximum absolute atomic E-state index is 8.62. The molecule has 0 aliphatic heterocycles. The molecule has 0 aliphatic rings. The van der Waals surface area contributed by atoms with Crippen LogP contribution in [0, 0.1) is 45.3 Å². The third kappa shape index (κ3) is 3.04. The average molecular weight is 161 g/mol. The fraction of sp³-hybridized carbons (Fsp3) is 0.667. The molecule has 1 atom stereocenters. The molecule has 0 fully saturated rings. The van der Waals surface area contributed by atoms with Gasteiger partial charge < -0.3 is 0 Å². The molecule has 0 aromatic rings. The van der Waals surface area contributed by atoms with E-state index in [-0.39, 0.29) is 5.92 Å². The lowest BCUT2D eigenvalue weighted by Crippen LogP contribution is -2.11. The van der Waals surface area contributed by atoms with E-state index in [1.54, 1.807) is 13.8 Å². The van der Waals surface area contributed by atoms with Crippen molar-refractivity contribution < 1.29 is 0 Å². The third-order valence-electron chi connectivity index (χ3n) is 1.79. The molecular weight excluding hydrogens is 150 g/mol. The summed E-state index contributed by atoms with van der Waals surface area (Å²) in [6, 6.07) is 5.94. The molecular formula is C9H11N3. The summed E-state index contributed by atoms with van der Waals surface area (Å²) < 4.78 is 0. The normalized spacial score (nSPS) is 12.2. The minimum absolute atomic E-state index is 0.0778. The summed E-state index contributed by atoms with van der Waals surface area (Å²) in [6.45, 7) is 3.38. The first-order valence-corrected chi connectivity index (χ1v) is 3.80. The molecule has 3 heteroatoms. The van der Waals surface area contributed by atoms with Crippen molar-refractivity contribution in [2.75, 3.05) is 0 Å². The Morgan fingerprint density at radius 1 is 1.25 bits per heavy atom. The van der Waals surface area contributed by atoms with Crippen LogP contribution in [0.4, 0.5) is 0 Å². The van der Waals surface area contributed by atoms with Gasteiger partial charge in [0.05, 0.1) is 18.2 Å². The standard InChI is InChI=1S/C9H11N3/c1-8(5-10)3-4-9(2,6-11)7-12/h8H,3-4H2,1-2H3. The van der Waals surface area contributed by atoms with Crippen LogP contribution in [0.3, 0.4) is 0 Å². The van der Waals surface area contributed by atoms with Gasteiger partial charge in [0, 0.05) is 5.92 Å². The minimum atomic E-state index is -0.925. The summed E-state index contributed by atoms with van der Waals surface area (Å²) in [5, 5.41) is 25.7. The molecule has 0 heterocycles. The van der Waals surface area contributed by atoms with Crippen LogP contribution >= 0.6 is 0 Å². The predicted molar refractivity (Wildman–Crippen MR) is 43.3 cm³/mol. The predicted octanol–water partition coefficient (Wildman–Crippen LogP) is 1.98. The van der Waals surface area contributed by atoms with Crippen molar-refractivity contribution >= 4 is 0 Å². The highest BCUT2D eigenvalue weighted by molar-refractivity contribution is 5.10. The summed E-state index contributed by atoms with van der Waals surface area (Å²) >= 11 is 0. The smallest absolute Gasteiger partial charge is 0.141 e. The summed E-state index contributed by atoms with van der Waals surface area (Å²) in [7, 11) is 0. The van der Waals surface area contributed by atoms with Crippen LogP contribution in [-0.4, -0.2) is 0 Å². The lowest BCUT2D eigenvalue weighted by atomic mass is 9.86. The molecule has 62 valence electrons. The van der Waals surface area contributed by atoms with Gasteiger partial charge in [0.1, 0.15) is 5.41 Å². The zero-order valence-corrected chi connectivity index (χ0v) is 7.33. The van der Waals surface area contributed by atoms with Gasteiger partial charge in [0.2, 0.25) is 0 Å². The Balaban J connectivity index is 4.05. The van der Waals surface area contributed by atoms with Crippen molar-refractivity contribution in [1.29, 1.82) is 15.8 Å². The monoisotopic (exact) mass is 161 g/mol. The molecule has 0 rings (SSSR count). The maximum atomic E-state index is 8.62. The van der Waals surface area contributed by atoms with Gasteiger partial charge >= 0.3 is 0 Å².